The molecule has 1 fully saturated rings. The minimum Gasteiger partial charge on any atom is -0.473 e. The van der Waals surface area contributed by atoms with Crippen molar-refractivity contribution in [1.82, 2.24) is 14.5 Å². The van der Waals surface area contributed by atoms with Crippen LogP contribution in [-0.2, 0) is 19.3 Å². The lowest BCUT2D eigenvalue weighted by molar-refractivity contribution is 0.0235. The van der Waals surface area contributed by atoms with Crippen LogP contribution in [0.4, 0.5) is 5.69 Å². The summed E-state index contributed by atoms with van der Waals surface area (Å²) in [6, 6.07) is 10.0. The van der Waals surface area contributed by atoms with Gasteiger partial charge in [-0.3, -0.25) is 13.4 Å². The van der Waals surface area contributed by atoms with Gasteiger partial charge < -0.3 is 19.3 Å². The van der Waals surface area contributed by atoms with Crippen LogP contribution < -0.4 is 9.04 Å². The lowest BCUT2D eigenvalue weighted by Gasteiger charge is -2.25. The number of aromatic nitrogens is 3. The van der Waals surface area contributed by atoms with Gasteiger partial charge in [0.05, 0.1) is 41.7 Å². The Kier molecular flexibility index (Phi) is 7.89. The van der Waals surface area contributed by atoms with Gasteiger partial charge in [0.2, 0.25) is 5.88 Å². The summed E-state index contributed by atoms with van der Waals surface area (Å²) in [5.41, 5.74) is 0.719. The first-order valence-corrected chi connectivity index (χ1v) is 15.7. The van der Waals surface area contributed by atoms with Crippen LogP contribution in [-0.4, -0.2) is 58.3 Å². The summed E-state index contributed by atoms with van der Waals surface area (Å²) in [5.74, 6) is 0.911. The van der Waals surface area contributed by atoms with E-state index in [1.807, 2.05) is 0 Å². The third-order valence-corrected chi connectivity index (χ3v) is 9.05. The van der Waals surface area contributed by atoms with Gasteiger partial charge in [-0.15, -0.1) is 0 Å². The Morgan fingerprint density at radius 2 is 1.77 bits per heavy atom. The molecular formula is C24H23Cl2N4O7PS. The molecule has 0 amide bonds. The number of ether oxygens (including phenoxy) is 2. The molecule has 0 saturated carbocycles. The fourth-order valence-corrected chi connectivity index (χ4v) is 7.62. The van der Waals surface area contributed by atoms with E-state index in [-0.39, 0.29) is 26.7 Å². The molecule has 5 rings (SSSR count). The first kappa shape index (κ1) is 27.9. The minimum absolute atomic E-state index is 0.0278. The monoisotopic (exact) mass is 612 g/mol. The van der Waals surface area contributed by atoms with Crippen LogP contribution in [0.25, 0.3) is 16.7 Å². The van der Waals surface area contributed by atoms with Gasteiger partial charge in [0.25, 0.3) is 10.0 Å². The van der Waals surface area contributed by atoms with Crippen LogP contribution in [0.15, 0.2) is 66.0 Å². The predicted octanol–water partition coefficient (Wildman–Crippen LogP) is 4.62. The van der Waals surface area contributed by atoms with E-state index in [9.17, 15) is 22.8 Å². The molecule has 2 aromatic heterocycles. The van der Waals surface area contributed by atoms with Crippen molar-refractivity contribution in [2.75, 3.05) is 23.8 Å². The van der Waals surface area contributed by atoms with Gasteiger partial charge in [0, 0.05) is 34.5 Å². The van der Waals surface area contributed by atoms with E-state index >= 15 is 0 Å². The van der Waals surface area contributed by atoms with E-state index < -0.39 is 23.9 Å². The number of fused-ring (bicyclic) bond motifs is 1. The van der Waals surface area contributed by atoms with Crippen molar-refractivity contribution >= 4 is 57.4 Å². The number of hydrogen-bond donors (Lipinski definition) is 2. The molecule has 0 radical (unpaired) electrons. The van der Waals surface area contributed by atoms with Crippen molar-refractivity contribution in [3.8, 4) is 11.7 Å². The second kappa shape index (κ2) is 11.1. The predicted molar refractivity (Wildman–Crippen MR) is 146 cm³/mol. The second-order valence-corrected chi connectivity index (χ2v) is 13.2. The van der Waals surface area contributed by atoms with E-state index in [0.29, 0.717) is 40.1 Å². The van der Waals surface area contributed by atoms with Crippen molar-refractivity contribution < 1.29 is 32.2 Å². The van der Waals surface area contributed by atoms with Gasteiger partial charge in [0.1, 0.15) is 12.4 Å². The molecule has 0 bridgehead atoms. The number of hydrogen-bond acceptors (Lipinski definition) is 7. The van der Waals surface area contributed by atoms with E-state index in [1.54, 1.807) is 29.1 Å². The van der Waals surface area contributed by atoms with Crippen LogP contribution in [0.2, 0.25) is 10.0 Å². The Labute approximate surface area is 234 Å². The topological polar surface area (TPSA) is 144 Å². The Morgan fingerprint density at radius 1 is 1.05 bits per heavy atom. The Hall–Kier alpha value is -2.70. The quantitative estimate of drug-likeness (QED) is 0.272. The summed E-state index contributed by atoms with van der Waals surface area (Å²) < 4.78 is 52.5. The number of sulfonamides is 1. The highest BCUT2D eigenvalue weighted by Gasteiger charge is 2.32. The first-order valence-electron chi connectivity index (χ1n) is 11.7. The van der Waals surface area contributed by atoms with Crippen molar-refractivity contribution in [1.29, 1.82) is 0 Å². The van der Waals surface area contributed by atoms with Crippen LogP contribution in [0.3, 0.4) is 0 Å². The molecule has 2 aromatic carbocycles. The molecule has 1 saturated heterocycles. The van der Waals surface area contributed by atoms with Gasteiger partial charge >= 0.3 is 7.60 Å². The molecule has 15 heteroatoms. The summed E-state index contributed by atoms with van der Waals surface area (Å²) in [6.07, 6.45) is 5.35. The van der Waals surface area contributed by atoms with Crippen molar-refractivity contribution in [2.24, 2.45) is 0 Å². The Balaban J connectivity index is 1.46. The molecular weight excluding hydrogens is 590 g/mol. The molecule has 206 valence electrons. The molecule has 0 atom stereocenters. The van der Waals surface area contributed by atoms with Gasteiger partial charge in [0.15, 0.2) is 5.82 Å². The fraction of sp³-hybridized carbons (Fsp3) is 0.250. The number of nitrogens with zero attached hydrogens (tertiary/aromatic N) is 4. The highest BCUT2D eigenvalue weighted by atomic mass is 35.5. The van der Waals surface area contributed by atoms with Gasteiger partial charge in [-0.2, -0.15) is 0 Å². The molecule has 1 aliphatic heterocycles. The molecule has 11 nitrogen and oxygen atoms in total. The van der Waals surface area contributed by atoms with Crippen molar-refractivity contribution in [3.05, 3.63) is 71.1 Å². The van der Waals surface area contributed by atoms with E-state index in [4.69, 9.17) is 32.7 Å². The van der Waals surface area contributed by atoms with Crippen molar-refractivity contribution in [2.45, 2.75) is 23.8 Å². The maximum atomic E-state index is 13.5. The number of halogens is 2. The minimum atomic E-state index is -4.81. The van der Waals surface area contributed by atoms with E-state index in [0.717, 1.165) is 12.8 Å². The summed E-state index contributed by atoms with van der Waals surface area (Å²) in [6.45, 7) is 1.29. The Morgan fingerprint density at radius 3 is 2.41 bits per heavy atom. The molecule has 0 spiro atoms. The number of benzene rings is 2. The Bertz CT molecular complexity index is 1630. The van der Waals surface area contributed by atoms with Crippen LogP contribution in [0.1, 0.15) is 12.8 Å². The van der Waals surface area contributed by atoms with Gasteiger partial charge in [-0.1, -0.05) is 23.2 Å². The summed E-state index contributed by atoms with van der Waals surface area (Å²) in [4.78, 5) is 27.9. The average molecular weight is 613 g/mol. The standard InChI is InChI=1S/C24H23Cl2N4O7PS/c25-17-10-18(26)12-21(11-17)39(34,35)30(15-38(31,32)33)19-1-2-22-16(9-19)3-6-29(22)23-13-28-24(14-27-23)37-20-4-7-36-8-5-20/h1-3,6,9-14,20H,4-5,7-8,15H2,(H2,31,32,33). The normalized spacial score (nSPS) is 15.0. The van der Waals surface area contributed by atoms with Crippen LogP contribution in [0, 0.1) is 0 Å². The fourth-order valence-electron chi connectivity index (χ4n) is 4.21. The zero-order valence-electron chi connectivity index (χ0n) is 20.2. The maximum absolute atomic E-state index is 13.5. The molecule has 1 aliphatic rings. The average Bonchev–Trinajstić information content (AvgIpc) is 3.30. The van der Waals surface area contributed by atoms with Gasteiger partial charge in [-0.05, 0) is 42.5 Å². The zero-order chi connectivity index (χ0) is 27.8. The molecule has 2 N–H and O–H groups in total. The SMILES string of the molecule is O=P(O)(O)CN(c1ccc2c(ccn2-c2cnc(OC3CCOCC3)cn2)c1)S(=O)(=O)c1cc(Cl)cc(Cl)c1. The van der Waals surface area contributed by atoms with Crippen molar-refractivity contribution in [3.63, 3.8) is 0 Å². The lowest BCUT2D eigenvalue weighted by Crippen LogP contribution is -2.32. The highest BCUT2D eigenvalue weighted by molar-refractivity contribution is 7.93. The number of rotatable bonds is 8. The molecule has 4 aromatic rings. The maximum Gasteiger partial charge on any atom is 0.345 e. The molecule has 3 heterocycles. The summed E-state index contributed by atoms with van der Waals surface area (Å²) in [7, 11) is -9.25. The largest absolute Gasteiger partial charge is 0.473 e. The third kappa shape index (κ3) is 6.38. The highest BCUT2D eigenvalue weighted by Crippen LogP contribution is 2.40. The first-order chi connectivity index (χ1) is 18.5. The zero-order valence-corrected chi connectivity index (χ0v) is 23.4. The van der Waals surface area contributed by atoms with Crippen LogP contribution >= 0.6 is 30.8 Å². The lowest BCUT2D eigenvalue weighted by atomic mass is 10.2. The molecule has 0 unspecified atom stereocenters. The summed E-state index contributed by atoms with van der Waals surface area (Å²) in [5, 5.41) is 0.733. The number of anilines is 1. The summed E-state index contributed by atoms with van der Waals surface area (Å²) >= 11 is 12.0. The molecule has 0 aliphatic carbocycles. The van der Waals surface area contributed by atoms with E-state index in [2.05, 4.69) is 9.97 Å². The van der Waals surface area contributed by atoms with Crippen LogP contribution in [0.5, 0.6) is 5.88 Å². The van der Waals surface area contributed by atoms with E-state index in [1.165, 1.54) is 36.5 Å². The van der Waals surface area contributed by atoms with Gasteiger partial charge in [-0.25, -0.2) is 18.4 Å². The molecule has 39 heavy (non-hydrogen) atoms. The third-order valence-electron chi connectivity index (χ3n) is 6.02. The second-order valence-electron chi connectivity index (χ2n) is 8.84. The smallest absolute Gasteiger partial charge is 0.345 e.